The van der Waals surface area contributed by atoms with Gasteiger partial charge in [0.15, 0.2) is 0 Å². The lowest BCUT2D eigenvalue weighted by atomic mass is 10.0. The molecule has 1 unspecified atom stereocenters. The number of halogens is 1. The summed E-state index contributed by atoms with van der Waals surface area (Å²) in [6, 6.07) is 9.87. The smallest absolute Gasteiger partial charge is 0.261 e. The zero-order valence-electron chi connectivity index (χ0n) is 18.0. The summed E-state index contributed by atoms with van der Waals surface area (Å²) in [5.74, 6) is 0.0988. The average molecular weight is 448 g/mol. The van der Waals surface area contributed by atoms with E-state index in [9.17, 15) is 17.6 Å². The van der Waals surface area contributed by atoms with Crippen molar-refractivity contribution in [3.63, 3.8) is 0 Å². The molecule has 3 rings (SSSR count). The summed E-state index contributed by atoms with van der Waals surface area (Å²) < 4.78 is 40.8. The van der Waals surface area contributed by atoms with Crippen LogP contribution in [-0.4, -0.2) is 45.4 Å². The number of sulfonamides is 1. The first-order valence-corrected chi connectivity index (χ1v) is 12.1. The minimum atomic E-state index is -3.84. The molecule has 1 atom stereocenters. The number of piperidine rings is 1. The fourth-order valence-corrected chi connectivity index (χ4v) is 4.93. The summed E-state index contributed by atoms with van der Waals surface area (Å²) in [7, 11) is -3.84. The van der Waals surface area contributed by atoms with Gasteiger partial charge in [-0.05, 0) is 93.2 Å². The predicted molar refractivity (Wildman–Crippen MR) is 120 cm³/mol. The van der Waals surface area contributed by atoms with E-state index in [0.29, 0.717) is 17.8 Å². The number of nitrogens with one attached hydrogen (secondary N) is 2. The molecular formula is C23H30FN3O3S. The molecule has 1 aliphatic heterocycles. The molecule has 0 bridgehead atoms. The number of hydrogen-bond acceptors (Lipinski definition) is 4. The summed E-state index contributed by atoms with van der Waals surface area (Å²) in [4.78, 5) is 14.8. The highest BCUT2D eigenvalue weighted by Crippen LogP contribution is 2.19. The minimum Gasteiger partial charge on any atom is -0.352 e. The SMILES string of the molecule is Cc1cc(S(=O)(=O)Nc2ccc(C(=O)NCCCN3CCCC(C)C3)cc2)ccc1F. The molecule has 0 radical (unpaired) electrons. The zero-order chi connectivity index (χ0) is 22.4. The Labute approximate surface area is 183 Å². The molecule has 1 saturated heterocycles. The van der Waals surface area contributed by atoms with Gasteiger partial charge in [0.25, 0.3) is 15.9 Å². The number of nitrogens with zero attached hydrogens (tertiary/aromatic N) is 1. The van der Waals surface area contributed by atoms with Crippen molar-refractivity contribution < 1.29 is 17.6 Å². The Balaban J connectivity index is 1.49. The number of aryl methyl sites for hydroxylation is 1. The van der Waals surface area contributed by atoms with E-state index in [1.165, 1.54) is 44.0 Å². The van der Waals surface area contributed by atoms with Gasteiger partial charge >= 0.3 is 0 Å². The molecule has 0 spiro atoms. The van der Waals surface area contributed by atoms with Crippen molar-refractivity contribution in [2.45, 2.75) is 38.0 Å². The van der Waals surface area contributed by atoms with Crippen LogP contribution < -0.4 is 10.0 Å². The normalized spacial score (nSPS) is 17.3. The number of amides is 1. The molecule has 2 aromatic carbocycles. The Hall–Kier alpha value is -2.45. The van der Waals surface area contributed by atoms with Gasteiger partial charge in [-0.25, -0.2) is 12.8 Å². The van der Waals surface area contributed by atoms with Crippen molar-refractivity contribution in [2.75, 3.05) is 30.9 Å². The van der Waals surface area contributed by atoms with E-state index in [2.05, 4.69) is 21.9 Å². The molecule has 8 heteroatoms. The van der Waals surface area contributed by atoms with Crippen LogP contribution in [0.3, 0.4) is 0 Å². The van der Waals surface area contributed by atoms with E-state index >= 15 is 0 Å². The average Bonchev–Trinajstić information content (AvgIpc) is 2.73. The maximum atomic E-state index is 13.4. The molecule has 0 aromatic heterocycles. The van der Waals surface area contributed by atoms with Gasteiger partial charge in [0.1, 0.15) is 5.82 Å². The fourth-order valence-electron chi connectivity index (χ4n) is 3.78. The Morgan fingerprint density at radius 2 is 1.94 bits per heavy atom. The number of rotatable bonds is 8. The van der Waals surface area contributed by atoms with Crippen LogP contribution in [0.25, 0.3) is 0 Å². The van der Waals surface area contributed by atoms with Gasteiger partial charge < -0.3 is 10.2 Å². The number of benzene rings is 2. The second kappa shape index (κ2) is 10.2. The van der Waals surface area contributed by atoms with Crippen LogP contribution in [-0.2, 0) is 10.0 Å². The molecule has 31 heavy (non-hydrogen) atoms. The number of hydrogen-bond donors (Lipinski definition) is 2. The highest BCUT2D eigenvalue weighted by Gasteiger charge is 2.17. The Bertz CT molecular complexity index is 1010. The van der Waals surface area contributed by atoms with Crippen LogP contribution in [0, 0.1) is 18.7 Å². The van der Waals surface area contributed by atoms with Gasteiger partial charge in [-0.3, -0.25) is 9.52 Å². The fraction of sp³-hybridized carbons (Fsp3) is 0.435. The maximum Gasteiger partial charge on any atom is 0.261 e. The number of likely N-dealkylation sites (tertiary alicyclic amines) is 1. The highest BCUT2D eigenvalue weighted by molar-refractivity contribution is 7.92. The highest BCUT2D eigenvalue weighted by atomic mass is 32.2. The van der Waals surface area contributed by atoms with Crippen molar-refractivity contribution in [1.82, 2.24) is 10.2 Å². The first-order valence-electron chi connectivity index (χ1n) is 10.6. The number of carbonyl (C=O) groups excluding carboxylic acids is 1. The maximum absolute atomic E-state index is 13.4. The van der Waals surface area contributed by atoms with Gasteiger partial charge in [-0.15, -0.1) is 0 Å². The molecule has 2 aromatic rings. The summed E-state index contributed by atoms with van der Waals surface area (Å²) in [5.41, 5.74) is 1.05. The van der Waals surface area contributed by atoms with E-state index < -0.39 is 15.8 Å². The third kappa shape index (κ3) is 6.51. The van der Waals surface area contributed by atoms with Crippen molar-refractivity contribution in [3.8, 4) is 0 Å². The van der Waals surface area contributed by atoms with Gasteiger partial charge in [0, 0.05) is 24.3 Å². The van der Waals surface area contributed by atoms with Crippen LogP contribution in [0.5, 0.6) is 0 Å². The van der Waals surface area contributed by atoms with Crippen molar-refractivity contribution in [1.29, 1.82) is 0 Å². The summed E-state index contributed by atoms with van der Waals surface area (Å²) in [5, 5.41) is 2.92. The molecule has 0 saturated carbocycles. The van der Waals surface area contributed by atoms with Crippen LogP contribution in [0.2, 0.25) is 0 Å². The second-order valence-corrected chi connectivity index (χ2v) is 9.93. The van der Waals surface area contributed by atoms with Crippen molar-refractivity contribution in [3.05, 3.63) is 59.4 Å². The topological polar surface area (TPSA) is 78.5 Å². The Morgan fingerprint density at radius 1 is 1.19 bits per heavy atom. The zero-order valence-corrected chi connectivity index (χ0v) is 18.8. The number of anilines is 1. The molecular weight excluding hydrogens is 417 g/mol. The summed E-state index contributed by atoms with van der Waals surface area (Å²) in [6.45, 7) is 7.62. The number of carbonyl (C=O) groups is 1. The Kier molecular flexibility index (Phi) is 7.67. The first kappa shape index (κ1) is 23.2. The minimum absolute atomic E-state index is 0.0173. The quantitative estimate of drug-likeness (QED) is 0.604. The largest absolute Gasteiger partial charge is 0.352 e. The molecule has 6 nitrogen and oxygen atoms in total. The monoisotopic (exact) mass is 447 g/mol. The van der Waals surface area contributed by atoms with Crippen molar-refractivity contribution >= 4 is 21.6 Å². The van der Waals surface area contributed by atoms with Gasteiger partial charge in [0.05, 0.1) is 4.90 Å². The van der Waals surface area contributed by atoms with Gasteiger partial charge in [0.2, 0.25) is 0 Å². The summed E-state index contributed by atoms with van der Waals surface area (Å²) >= 11 is 0. The molecule has 1 heterocycles. The first-order chi connectivity index (χ1) is 14.7. The predicted octanol–water partition coefficient (Wildman–Crippen LogP) is 3.79. The third-order valence-corrected chi connectivity index (χ3v) is 6.90. The lowest BCUT2D eigenvalue weighted by Crippen LogP contribution is -2.36. The lowest BCUT2D eigenvalue weighted by Gasteiger charge is -2.30. The molecule has 0 aliphatic carbocycles. The van der Waals surface area contributed by atoms with Crippen LogP contribution in [0.4, 0.5) is 10.1 Å². The second-order valence-electron chi connectivity index (χ2n) is 8.25. The van der Waals surface area contributed by atoms with Gasteiger partial charge in [-0.1, -0.05) is 6.92 Å². The summed E-state index contributed by atoms with van der Waals surface area (Å²) in [6.07, 6.45) is 3.43. The Morgan fingerprint density at radius 3 is 2.61 bits per heavy atom. The van der Waals surface area contributed by atoms with E-state index in [1.807, 2.05) is 0 Å². The van der Waals surface area contributed by atoms with E-state index in [1.54, 1.807) is 12.1 Å². The molecule has 1 fully saturated rings. The van der Waals surface area contributed by atoms with E-state index in [4.69, 9.17) is 0 Å². The van der Waals surface area contributed by atoms with Crippen LogP contribution >= 0.6 is 0 Å². The molecule has 2 N–H and O–H groups in total. The standard InChI is InChI=1S/C23H30FN3O3S/c1-17-5-3-13-27(16-17)14-4-12-25-23(28)19-6-8-20(9-7-19)26-31(29,30)21-10-11-22(24)18(2)15-21/h6-11,15,17,26H,3-5,12-14,16H2,1-2H3,(H,25,28). The van der Waals surface area contributed by atoms with E-state index in [-0.39, 0.29) is 16.4 Å². The van der Waals surface area contributed by atoms with Gasteiger partial charge in [-0.2, -0.15) is 0 Å². The molecule has 1 amide bonds. The van der Waals surface area contributed by atoms with Crippen molar-refractivity contribution in [2.24, 2.45) is 5.92 Å². The van der Waals surface area contributed by atoms with E-state index in [0.717, 1.165) is 38.0 Å². The lowest BCUT2D eigenvalue weighted by molar-refractivity contribution is 0.0950. The third-order valence-electron chi connectivity index (χ3n) is 5.52. The van der Waals surface area contributed by atoms with Crippen LogP contribution in [0.15, 0.2) is 47.4 Å². The molecule has 168 valence electrons. The van der Waals surface area contributed by atoms with Crippen LogP contribution in [0.1, 0.15) is 42.1 Å². The molecule has 1 aliphatic rings.